The smallest absolute Gasteiger partial charge is 0.258 e. The summed E-state index contributed by atoms with van der Waals surface area (Å²) >= 11 is 0. The summed E-state index contributed by atoms with van der Waals surface area (Å²) in [4.78, 5) is 18.6. The average Bonchev–Trinajstić information content (AvgIpc) is 3.31. The number of carbonyl (C=O) groups is 1. The maximum absolute atomic E-state index is 12.5. The van der Waals surface area contributed by atoms with Crippen molar-refractivity contribution >= 4 is 5.91 Å². The first-order valence-electron chi connectivity index (χ1n) is 8.58. The number of hydrogen-bond acceptors (Lipinski definition) is 6. The van der Waals surface area contributed by atoms with Crippen LogP contribution in [0.4, 0.5) is 0 Å². The fourth-order valence-electron chi connectivity index (χ4n) is 3.65. The number of piperidine rings is 1. The molecule has 1 spiro atoms. The second-order valence-corrected chi connectivity index (χ2v) is 6.70. The Labute approximate surface area is 145 Å². The molecule has 2 aromatic rings. The van der Waals surface area contributed by atoms with Crippen LogP contribution in [0.2, 0.25) is 0 Å². The van der Waals surface area contributed by atoms with Crippen LogP contribution in [0.5, 0.6) is 0 Å². The van der Waals surface area contributed by atoms with E-state index in [0.29, 0.717) is 25.3 Å². The molecule has 2 saturated heterocycles. The van der Waals surface area contributed by atoms with E-state index in [9.17, 15) is 4.79 Å². The maximum Gasteiger partial charge on any atom is 0.258 e. The van der Waals surface area contributed by atoms with Gasteiger partial charge in [0.25, 0.3) is 5.91 Å². The third-order valence-corrected chi connectivity index (χ3v) is 4.87. The third-order valence-electron chi connectivity index (χ3n) is 4.87. The van der Waals surface area contributed by atoms with Gasteiger partial charge in [0.1, 0.15) is 6.26 Å². The van der Waals surface area contributed by atoms with Crippen LogP contribution in [0.15, 0.2) is 41.4 Å². The molecule has 2 aromatic heterocycles. The Morgan fingerprint density at radius 3 is 3.20 bits per heavy atom. The molecule has 1 amide bonds. The molecule has 2 atom stereocenters. The number of ether oxygens (including phenoxy) is 2. The van der Waals surface area contributed by atoms with Gasteiger partial charge in [0.2, 0.25) is 0 Å². The van der Waals surface area contributed by atoms with Gasteiger partial charge in [-0.25, -0.2) is 0 Å². The first-order valence-corrected chi connectivity index (χ1v) is 8.58. The second kappa shape index (κ2) is 6.93. The molecule has 0 saturated carbocycles. The van der Waals surface area contributed by atoms with Crippen LogP contribution in [-0.2, 0) is 16.1 Å². The summed E-state index contributed by atoms with van der Waals surface area (Å²) in [5.74, 6) is -0.0539. The predicted octanol–water partition coefficient (Wildman–Crippen LogP) is 2.05. The van der Waals surface area contributed by atoms with Crippen molar-refractivity contribution in [2.45, 2.75) is 37.6 Å². The Kier molecular flexibility index (Phi) is 4.50. The molecular formula is C18H21N3O4. The molecule has 2 aliphatic rings. The molecule has 7 nitrogen and oxygen atoms in total. The normalized spacial score (nSPS) is 26.2. The van der Waals surface area contributed by atoms with Crippen molar-refractivity contribution in [1.29, 1.82) is 0 Å². The van der Waals surface area contributed by atoms with Gasteiger partial charge >= 0.3 is 0 Å². The number of aromatic nitrogens is 2. The molecule has 0 bridgehead atoms. The summed E-state index contributed by atoms with van der Waals surface area (Å²) < 4.78 is 16.9. The first kappa shape index (κ1) is 16.2. The van der Waals surface area contributed by atoms with E-state index >= 15 is 0 Å². The maximum atomic E-state index is 12.5. The minimum Gasteiger partial charge on any atom is -0.370 e. The lowest BCUT2D eigenvalue weighted by Gasteiger charge is -2.39. The lowest BCUT2D eigenvalue weighted by atomic mass is 9.89. The molecule has 2 aliphatic heterocycles. The van der Waals surface area contributed by atoms with Crippen LogP contribution in [0.1, 0.15) is 35.3 Å². The number of carbonyl (C=O) groups excluding carboxylic acids is 1. The van der Waals surface area contributed by atoms with Crippen LogP contribution in [0.25, 0.3) is 0 Å². The zero-order valence-electron chi connectivity index (χ0n) is 14.0. The molecule has 4 rings (SSSR count). The molecule has 132 valence electrons. The molecule has 2 fully saturated rings. The third kappa shape index (κ3) is 3.57. The van der Waals surface area contributed by atoms with Crippen LogP contribution < -0.4 is 0 Å². The quantitative estimate of drug-likeness (QED) is 0.845. The highest BCUT2D eigenvalue weighted by Gasteiger charge is 2.45. The summed E-state index contributed by atoms with van der Waals surface area (Å²) in [6.45, 7) is 2.35. The van der Waals surface area contributed by atoms with Crippen molar-refractivity contribution in [3.63, 3.8) is 0 Å². The van der Waals surface area contributed by atoms with Crippen molar-refractivity contribution < 1.29 is 18.8 Å². The Morgan fingerprint density at radius 1 is 1.44 bits per heavy atom. The van der Waals surface area contributed by atoms with Gasteiger partial charge in [-0.3, -0.25) is 9.78 Å². The summed E-state index contributed by atoms with van der Waals surface area (Å²) in [7, 11) is 0. The zero-order valence-corrected chi connectivity index (χ0v) is 14.0. The summed E-state index contributed by atoms with van der Waals surface area (Å²) in [5, 5.41) is 3.61. The lowest BCUT2D eigenvalue weighted by molar-refractivity contribution is -0.0466. The Morgan fingerprint density at radius 2 is 2.40 bits per heavy atom. The molecule has 0 radical (unpaired) electrons. The highest BCUT2D eigenvalue weighted by atomic mass is 16.6. The molecular weight excluding hydrogens is 322 g/mol. The summed E-state index contributed by atoms with van der Waals surface area (Å²) in [6.07, 6.45) is 7.31. The number of likely N-dealkylation sites (tertiary alicyclic amines) is 1. The van der Waals surface area contributed by atoms with Crippen molar-refractivity contribution in [1.82, 2.24) is 15.0 Å². The Bertz CT molecular complexity index is 706. The molecule has 25 heavy (non-hydrogen) atoms. The molecule has 4 heterocycles. The van der Waals surface area contributed by atoms with Crippen LogP contribution in [0, 0.1) is 0 Å². The number of amides is 1. The molecule has 0 unspecified atom stereocenters. The minimum absolute atomic E-state index is 0.0349. The molecule has 0 N–H and O–H groups in total. The van der Waals surface area contributed by atoms with Crippen molar-refractivity contribution in [3.8, 4) is 0 Å². The van der Waals surface area contributed by atoms with Crippen molar-refractivity contribution in [2.75, 3.05) is 19.7 Å². The highest BCUT2D eigenvalue weighted by Crippen LogP contribution is 2.36. The van der Waals surface area contributed by atoms with Gasteiger partial charge in [-0.1, -0.05) is 11.2 Å². The molecule has 0 aromatic carbocycles. The highest BCUT2D eigenvalue weighted by molar-refractivity contribution is 5.93. The van der Waals surface area contributed by atoms with E-state index < -0.39 is 0 Å². The van der Waals surface area contributed by atoms with E-state index in [2.05, 4.69) is 10.1 Å². The fraction of sp³-hybridized carbons (Fsp3) is 0.500. The predicted molar refractivity (Wildman–Crippen MR) is 87.8 cm³/mol. The standard InChI is InChI=1S/C18H21N3O4/c22-17(14-9-20-25-10-14)21-7-3-5-18(13-21)8-16(12-24-18)23-11-15-4-1-2-6-19-15/h1-2,4,6,9-10,16H,3,5,7-8,11-13H2/t16-,18+/m1/s1. The van der Waals surface area contributed by atoms with Gasteiger partial charge in [-0.15, -0.1) is 0 Å². The summed E-state index contributed by atoms with van der Waals surface area (Å²) in [6, 6.07) is 5.79. The number of rotatable bonds is 4. The van der Waals surface area contributed by atoms with E-state index in [4.69, 9.17) is 14.0 Å². The zero-order chi connectivity index (χ0) is 17.1. The molecule has 7 heteroatoms. The van der Waals surface area contributed by atoms with Crippen molar-refractivity contribution in [2.24, 2.45) is 0 Å². The van der Waals surface area contributed by atoms with E-state index in [-0.39, 0.29) is 17.6 Å². The van der Waals surface area contributed by atoms with Gasteiger partial charge in [0, 0.05) is 19.2 Å². The van der Waals surface area contributed by atoms with Crippen molar-refractivity contribution in [3.05, 3.63) is 48.1 Å². The van der Waals surface area contributed by atoms with Gasteiger partial charge in [-0.2, -0.15) is 0 Å². The summed E-state index contributed by atoms with van der Waals surface area (Å²) in [5.41, 5.74) is 1.09. The Hall–Kier alpha value is -2.25. The number of nitrogens with zero attached hydrogens (tertiary/aromatic N) is 3. The second-order valence-electron chi connectivity index (χ2n) is 6.70. The number of hydrogen-bond donors (Lipinski definition) is 0. The minimum atomic E-state index is -0.306. The Balaban J connectivity index is 1.35. The lowest BCUT2D eigenvalue weighted by Crippen LogP contribution is -2.50. The van der Waals surface area contributed by atoms with Gasteiger partial charge in [0.15, 0.2) is 0 Å². The van der Waals surface area contributed by atoms with E-state index in [1.807, 2.05) is 23.1 Å². The first-order chi connectivity index (χ1) is 12.2. The molecule has 0 aliphatic carbocycles. The van der Waals surface area contributed by atoms with Crippen LogP contribution in [0.3, 0.4) is 0 Å². The largest absolute Gasteiger partial charge is 0.370 e. The van der Waals surface area contributed by atoms with Crippen LogP contribution >= 0.6 is 0 Å². The fourth-order valence-corrected chi connectivity index (χ4v) is 3.65. The SMILES string of the molecule is O=C(c1cnoc1)N1CCC[C@]2(C[C@@H](OCc3ccccn3)CO2)C1. The monoisotopic (exact) mass is 343 g/mol. The van der Waals surface area contributed by atoms with Gasteiger partial charge < -0.3 is 18.9 Å². The number of pyridine rings is 1. The average molecular weight is 343 g/mol. The van der Waals surface area contributed by atoms with Crippen LogP contribution in [-0.4, -0.2) is 52.3 Å². The van der Waals surface area contributed by atoms with E-state index in [1.54, 1.807) is 6.20 Å². The van der Waals surface area contributed by atoms with Gasteiger partial charge in [0.05, 0.1) is 48.9 Å². The van der Waals surface area contributed by atoms with E-state index in [1.165, 1.54) is 12.5 Å². The van der Waals surface area contributed by atoms with Gasteiger partial charge in [-0.05, 0) is 25.0 Å². The van der Waals surface area contributed by atoms with E-state index in [0.717, 1.165) is 31.5 Å². The topological polar surface area (TPSA) is 77.7 Å².